The third-order valence-corrected chi connectivity index (χ3v) is 3.69. The molecular weight excluding hydrogens is 314 g/mol. The lowest BCUT2D eigenvalue weighted by molar-refractivity contribution is 0.102. The van der Waals surface area contributed by atoms with Crippen molar-refractivity contribution in [3.63, 3.8) is 0 Å². The second-order valence-electron chi connectivity index (χ2n) is 5.69. The van der Waals surface area contributed by atoms with E-state index in [0.717, 1.165) is 11.6 Å². The number of carbonyl (C=O) groups excluding carboxylic acids is 1. The van der Waals surface area contributed by atoms with E-state index in [4.69, 9.17) is 5.73 Å². The highest BCUT2D eigenvalue weighted by molar-refractivity contribution is 6.05. The summed E-state index contributed by atoms with van der Waals surface area (Å²) >= 11 is 0. The summed E-state index contributed by atoms with van der Waals surface area (Å²) in [7, 11) is 0. The fourth-order valence-electron chi connectivity index (χ4n) is 2.61. The topological polar surface area (TPSA) is 72.9 Å². The van der Waals surface area contributed by atoms with Gasteiger partial charge in [0.2, 0.25) is 5.95 Å². The van der Waals surface area contributed by atoms with Gasteiger partial charge in [-0.05, 0) is 44.2 Å². The number of nitrogens with two attached hydrogens (primary N) is 1. The van der Waals surface area contributed by atoms with E-state index in [2.05, 4.69) is 10.3 Å². The number of halogens is 2. The minimum Gasteiger partial charge on any atom is -0.369 e. The molecule has 0 saturated carbocycles. The van der Waals surface area contributed by atoms with Crippen LogP contribution in [-0.4, -0.2) is 15.5 Å². The largest absolute Gasteiger partial charge is 0.369 e. The number of nitrogen functional groups attached to an aromatic ring is 1. The molecule has 0 aliphatic carbocycles. The molecule has 0 unspecified atom stereocenters. The Balaban J connectivity index is 1.97. The van der Waals surface area contributed by atoms with Gasteiger partial charge in [-0.2, -0.15) is 0 Å². The van der Waals surface area contributed by atoms with Gasteiger partial charge in [0, 0.05) is 11.7 Å². The van der Waals surface area contributed by atoms with Crippen molar-refractivity contribution in [3.8, 4) is 0 Å². The van der Waals surface area contributed by atoms with Gasteiger partial charge in [0.15, 0.2) is 11.6 Å². The highest BCUT2D eigenvalue weighted by Crippen LogP contribution is 2.25. The normalized spacial score (nSPS) is 11.2. The molecule has 1 heterocycles. The number of nitrogens with zero attached hydrogens (tertiary/aromatic N) is 2. The molecule has 0 radical (unpaired) electrons. The van der Waals surface area contributed by atoms with Gasteiger partial charge in [0.1, 0.15) is 0 Å². The van der Waals surface area contributed by atoms with E-state index in [1.165, 1.54) is 12.1 Å². The zero-order valence-electron chi connectivity index (χ0n) is 13.2. The average Bonchev–Trinajstić information content (AvgIpc) is 2.85. The minimum absolute atomic E-state index is 0.0848. The van der Waals surface area contributed by atoms with Crippen LogP contribution in [0.5, 0.6) is 0 Å². The number of hydrogen-bond donors (Lipinski definition) is 2. The van der Waals surface area contributed by atoms with Crippen LogP contribution in [0.4, 0.5) is 20.4 Å². The molecular formula is C17H16F2N4O. The molecule has 0 spiro atoms. The molecule has 124 valence electrons. The van der Waals surface area contributed by atoms with Crippen LogP contribution in [-0.2, 0) is 0 Å². The van der Waals surface area contributed by atoms with Gasteiger partial charge < -0.3 is 15.6 Å². The van der Waals surface area contributed by atoms with Crippen molar-refractivity contribution in [2.45, 2.75) is 19.9 Å². The Morgan fingerprint density at radius 3 is 2.71 bits per heavy atom. The summed E-state index contributed by atoms with van der Waals surface area (Å²) in [4.78, 5) is 16.4. The molecule has 5 nitrogen and oxygen atoms in total. The number of rotatable bonds is 3. The Hall–Kier alpha value is -2.96. The summed E-state index contributed by atoms with van der Waals surface area (Å²) in [6.07, 6.45) is 0. The molecule has 2 aromatic carbocycles. The lowest BCUT2D eigenvalue weighted by Gasteiger charge is -2.11. The Morgan fingerprint density at radius 2 is 2.00 bits per heavy atom. The van der Waals surface area contributed by atoms with E-state index in [9.17, 15) is 13.6 Å². The summed E-state index contributed by atoms with van der Waals surface area (Å²) in [5.74, 6) is -2.59. The van der Waals surface area contributed by atoms with Crippen molar-refractivity contribution < 1.29 is 13.6 Å². The molecule has 0 atom stereocenters. The first-order chi connectivity index (χ1) is 11.4. The second-order valence-corrected chi connectivity index (χ2v) is 5.69. The summed E-state index contributed by atoms with van der Waals surface area (Å²) in [5.41, 5.74) is 7.44. The fourth-order valence-corrected chi connectivity index (χ4v) is 2.61. The van der Waals surface area contributed by atoms with E-state index in [1.807, 2.05) is 18.4 Å². The smallest absolute Gasteiger partial charge is 0.258 e. The maximum atomic E-state index is 13.7. The predicted octanol–water partition coefficient (Wildman–Crippen LogP) is 3.73. The standard InChI is InChI=1S/C17H16F2N4O/c1-9(2)23-14-8-10(6-7-13(14)22-17(23)20)21-16(24)11-4-3-5-12(18)15(11)19/h3-9H,1-2H3,(H2,20,22)(H,21,24). The number of anilines is 2. The average molecular weight is 330 g/mol. The van der Waals surface area contributed by atoms with Crippen molar-refractivity contribution in [2.75, 3.05) is 11.1 Å². The third-order valence-electron chi connectivity index (χ3n) is 3.69. The molecule has 0 aliphatic heterocycles. The molecule has 1 amide bonds. The van der Waals surface area contributed by atoms with Crippen LogP contribution in [0.25, 0.3) is 11.0 Å². The molecule has 3 N–H and O–H groups in total. The van der Waals surface area contributed by atoms with Gasteiger partial charge in [-0.1, -0.05) is 6.07 Å². The SMILES string of the molecule is CC(C)n1c(N)nc2ccc(NC(=O)c3cccc(F)c3F)cc21. The third kappa shape index (κ3) is 2.68. The van der Waals surface area contributed by atoms with E-state index in [0.29, 0.717) is 17.2 Å². The van der Waals surface area contributed by atoms with Gasteiger partial charge in [-0.15, -0.1) is 0 Å². The zero-order valence-corrected chi connectivity index (χ0v) is 13.2. The number of benzene rings is 2. The second kappa shape index (κ2) is 5.92. The Kier molecular flexibility index (Phi) is 3.92. The number of amides is 1. The monoisotopic (exact) mass is 330 g/mol. The molecule has 0 aliphatic rings. The van der Waals surface area contributed by atoms with Crippen LogP contribution in [0.2, 0.25) is 0 Å². The van der Waals surface area contributed by atoms with Crippen molar-refractivity contribution in [1.82, 2.24) is 9.55 Å². The number of aromatic nitrogens is 2. The minimum atomic E-state index is -1.17. The molecule has 7 heteroatoms. The first-order valence-electron chi connectivity index (χ1n) is 7.41. The first kappa shape index (κ1) is 15.9. The quantitative estimate of drug-likeness (QED) is 0.768. The zero-order chi connectivity index (χ0) is 17.4. The number of carbonyl (C=O) groups is 1. The van der Waals surface area contributed by atoms with Gasteiger partial charge in [0.25, 0.3) is 5.91 Å². The van der Waals surface area contributed by atoms with Crippen LogP contribution in [0, 0.1) is 11.6 Å². The van der Waals surface area contributed by atoms with Crippen molar-refractivity contribution in [3.05, 3.63) is 53.6 Å². The van der Waals surface area contributed by atoms with Gasteiger partial charge in [-0.25, -0.2) is 13.8 Å². The molecule has 1 aromatic heterocycles. The summed E-state index contributed by atoms with van der Waals surface area (Å²) in [6.45, 7) is 3.93. The number of nitrogens with one attached hydrogen (secondary N) is 1. The highest BCUT2D eigenvalue weighted by Gasteiger charge is 2.16. The maximum absolute atomic E-state index is 13.7. The molecule has 0 saturated heterocycles. The Morgan fingerprint density at radius 1 is 1.25 bits per heavy atom. The lowest BCUT2D eigenvalue weighted by Crippen LogP contribution is -2.14. The van der Waals surface area contributed by atoms with Crippen molar-refractivity contribution in [1.29, 1.82) is 0 Å². The van der Waals surface area contributed by atoms with Crippen molar-refractivity contribution in [2.24, 2.45) is 0 Å². The first-order valence-corrected chi connectivity index (χ1v) is 7.41. The molecule has 3 aromatic rings. The molecule has 0 bridgehead atoms. The number of fused-ring (bicyclic) bond motifs is 1. The van der Waals surface area contributed by atoms with Crippen LogP contribution >= 0.6 is 0 Å². The highest BCUT2D eigenvalue weighted by atomic mass is 19.2. The Labute approximate surface area is 137 Å². The maximum Gasteiger partial charge on any atom is 0.258 e. The van der Waals surface area contributed by atoms with E-state index in [-0.39, 0.29) is 11.6 Å². The van der Waals surface area contributed by atoms with Crippen molar-refractivity contribution >= 4 is 28.6 Å². The van der Waals surface area contributed by atoms with Gasteiger partial charge in [-0.3, -0.25) is 4.79 Å². The van der Waals surface area contributed by atoms with Crippen LogP contribution in [0.15, 0.2) is 36.4 Å². The number of imidazole rings is 1. The van der Waals surface area contributed by atoms with E-state index < -0.39 is 17.5 Å². The van der Waals surface area contributed by atoms with Gasteiger partial charge in [0.05, 0.1) is 16.6 Å². The van der Waals surface area contributed by atoms with E-state index >= 15 is 0 Å². The summed E-state index contributed by atoms with van der Waals surface area (Å²) in [6, 6.07) is 8.60. The lowest BCUT2D eigenvalue weighted by atomic mass is 10.2. The molecule has 24 heavy (non-hydrogen) atoms. The number of hydrogen-bond acceptors (Lipinski definition) is 3. The molecule has 0 fully saturated rings. The molecule has 3 rings (SSSR count). The van der Waals surface area contributed by atoms with E-state index in [1.54, 1.807) is 18.2 Å². The predicted molar refractivity (Wildman–Crippen MR) is 88.8 cm³/mol. The Bertz CT molecular complexity index is 934. The fraction of sp³-hybridized carbons (Fsp3) is 0.176. The summed E-state index contributed by atoms with van der Waals surface area (Å²) < 4.78 is 28.8. The van der Waals surface area contributed by atoms with Crippen LogP contribution in [0.3, 0.4) is 0 Å². The van der Waals surface area contributed by atoms with Gasteiger partial charge >= 0.3 is 0 Å². The summed E-state index contributed by atoms with van der Waals surface area (Å²) in [5, 5.41) is 2.57. The van der Waals surface area contributed by atoms with Crippen LogP contribution < -0.4 is 11.1 Å². The van der Waals surface area contributed by atoms with Crippen LogP contribution in [0.1, 0.15) is 30.2 Å².